The third-order valence-electron chi connectivity index (χ3n) is 3.34. The van der Waals surface area contributed by atoms with E-state index in [1.807, 2.05) is 30.3 Å². The zero-order valence-electron chi connectivity index (χ0n) is 9.80. The molecule has 0 saturated heterocycles. The van der Waals surface area contributed by atoms with Crippen molar-refractivity contribution in [3.05, 3.63) is 30.3 Å². The number of anilines is 1. The summed E-state index contributed by atoms with van der Waals surface area (Å²) >= 11 is 0. The van der Waals surface area contributed by atoms with Crippen molar-refractivity contribution < 1.29 is 0 Å². The first-order chi connectivity index (χ1) is 8.27. The van der Waals surface area contributed by atoms with E-state index in [2.05, 4.69) is 27.8 Å². The number of para-hydroxylation sites is 1. The average Bonchev–Trinajstić information content (AvgIpc) is 2.76. The van der Waals surface area contributed by atoms with E-state index >= 15 is 0 Å². The van der Waals surface area contributed by atoms with Crippen molar-refractivity contribution in [3.8, 4) is 5.69 Å². The van der Waals surface area contributed by atoms with E-state index in [0.29, 0.717) is 0 Å². The molecule has 1 heterocycles. The molecule has 0 aliphatic heterocycles. The topological polar surface area (TPSA) is 55.6 Å². The largest absolute Gasteiger partial charge is 0.348 e. The summed E-state index contributed by atoms with van der Waals surface area (Å²) in [5.74, 6) is 0.721. The molecule has 2 aromatic rings. The van der Waals surface area contributed by atoms with Crippen LogP contribution in [0.25, 0.3) is 5.69 Å². The van der Waals surface area contributed by atoms with Crippen LogP contribution in [-0.2, 0) is 0 Å². The highest BCUT2D eigenvalue weighted by Crippen LogP contribution is 2.34. The maximum atomic E-state index is 4.05. The number of nitrogens with zero attached hydrogens (tertiary/aromatic N) is 4. The van der Waals surface area contributed by atoms with Crippen molar-refractivity contribution in [1.29, 1.82) is 0 Å². The second kappa shape index (κ2) is 3.84. The standard InChI is InChI=1S/C12H15N5/c1-12(8-5-9-12)13-11-14-15-16-17(11)10-6-3-2-4-7-10/h2-4,6-7H,5,8-9H2,1H3,(H,13,14,16). The Morgan fingerprint density at radius 2 is 2.00 bits per heavy atom. The molecule has 0 radical (unpaired) electrons. The van der Waals surface area contributed by atoms with Crippen molar-refractivity contribution in [2.45, 2.75) is 31.7 Å². The Bertz CT molecular complexity index is 501. The zero-order chi connectivity index (χ0) is 11.7. The number of hydrogen-bond acceptors (Lipinski definition) is 4. The molecule has 5 nitrogen and oxygen atoms in total. The molecular formula is C12H15N5. The second-order valence-electron chi connectivity index (χ2n) is 4.79. The Balaban J connectivity index is 1.89. The molecule has 5 heteroatoms. The Morgan fingerprint density at radius 1 is 1.24 bits per heavy atom. The summed E-state index contributed by atoms with van der Waals surface area (Å²) < 4.78 is 1.74. The van der Waals surface area contributed by atoms with Gasteiger partial charge in [-0.25, -0.2) is 0 Å². The van der Waals surface area contributed by atoms with Gasteiger partial charge in [-0.15, -0.1) is 0 Å². The van der Waals surface area contributed by atoms with Gasteiger partial charge in [0, 0.05) is 5.54 Å². The lowest BCUT2D eigenvalue weighted by Gasteiger charge is -2.39. The monoisotopic (exact) mass is 229 g/mol. The first-order valence-corrected chi connectivity index (χ1v) is 5.89. The van der Waals surface area contributed by atoms with E-state index < -0.39 is 0 Å². The Morgan fingerprint density at radius 3 is 2.65 bits per heavy atom. The van der Waals surface area contributed by atoms with E-state index in [0.717, 1.165) is 11.6 Å². The number of tetrazole rings is 1. The van der Waals surface area contributed by atoms with E-state index in [1.165, 1.54) is 19.3 Å². The molecule has 1 N–H and O–H groups in total. The van der Waals surface area contributed by atoms with E-state index in [-0.39, 0.29) is 5.54 Å². The Kier molecular flexibility index (Phi) is 2.31. The predicted molar refractivity (Wildman–Crippen MR) is 65.0 cm³/mol. The summed E-state index contributed by atoms with van der Waals surface area (Å²) in [6, 6.07) is 9.92. The van der Waals surface area contributed by atoms with Gasteiger partial charge in [0.05, 0.1) is 5.69 Å². The molecule has 0 bridgehead atoms. The van der Waals surface area contributed by atoms with Crippen molar-refractivity contribution in [3.63, 3.8) is 0 Å². The summed E-state index contributed by atoms with van der Waals surface area (Å²) in [5, 5.41) is 15.2. The lowest BCUT2D eigenvalue weighted by atomic mass is 9.79. The van der Waals surface area contributed by atoms with Crippen LogP contribution in [0.2, 0.25) is 0 Å². The lowest BCUT2D eigenvalue weighted by Crippen LogP contribution is -2.42. The summed E-state index contributed by atoms with van der Waals surface area (Å²) in [4.78, 5) is 0. The third kappa shape index (κ3) is 1.88. The van der Waals surface area contributed by atoms with Crippen LogP contribution in [0.1, 0.15) is 26.2 Å². The minimum atomic E-state index is 0.154. The predicted octanol–water partition coefficient (Wildman–Crippen LogP) is 2.02. The quantitative estimate of drug-likeness (QED) is 0.874. The van der Waals surface area contributed by atoms with Crippen LogP contribution in [0.5, 0.6) is 0 Å². The summed E-state index contributed by atoms with van der Waals surface area (Å²) in [7, 11) is 0. The van der Waals surface area contributed by atoms with Crippen LogP contribution in [0, 0.1) is 0 Å². The normalized spacial score (nSPS) is 17.5. The minimum Gasteiger partial charge on any atom is -0.348 e. The summed E-state index contributed by atoms with van der Waals surface area (Å²) in [5.41, 5.74) is 1.13. The molecule has 0 unspecified atom stereocenters. The van der Waals surface area contributed by atoms with Crippen LogP contribution in [0.4, 0.5) is 5.95 Å². The summed E-state index contributed by atoms with van der Waals surface area (Å²) in [6.07, 6.45) is 3.62. The van der Waals surface area contributed by atoms with Crippen LogP contribution in [0.15, 0.2) is 30.3 Å². The molecule has 17 heavy (non-hydrogen) atoms. The van der Waals surface area contributed by atoms with Gasteiger partial charge in [0.2, 0.25) is 5.95 Å². The highest BCUT2D eigenvalue weighted by atomic mass is 15.6. The van der Waals surface area contributed by atoms with Crippen molar-refractivity contribution in [1.82, 2.24) is 20.2 Å². The average molecular weight is 229 g/mol. The molecule has 88 valence electrons. The van der Waals surface area contributed by atoms with Gasteiger partial charge < -0.3 is 5.32 Å². The Hall–Kier alpha value is -1.91. The van der Waals surface area contributed by atoms with Crippen molar-refractivity contribution in [2.75, 3.05) is 5.32 Å². The highest BCUT2D eigenvalue weighted by Gasteiger charge is 2.33. The fourth-order valence-corrected chi connectivity index (χ4v) is 2.11. The van der Waals surface area contributed by atoms with Gasteiger partial charge in [-0.2, -0.15) is 4.68 Å². The number of aromatic nitrogens is 4. The molecular weight excluding hydrogens is 214 g/mol. The van der Waals surface area contributed by atoms with E-state index in [4.69, 9.17) is 0 Å². The molecule has 0 spiro atoms. The molecule has 1 aliphatic rings. The molecule has 1 fully saturated rings. The first-order valence-electron chi connectivity index (χ1n) is 5.89. The van der Waals surface area contributed by atoms with Crippen LogP contribution < -0.4 is 5.32 Å². The van der Waals surface area contributed by atoms with Crippen LogP contribution in [-0.4, -0.2) is 25.7 Å². The fourth-order valence-electron chi connectivity index (χ4n) is 2.11. The highest BCUT2D eigenvalue weighted by molar-refractivity contribution is 5.40. The smallest absolute Gasteiger partial charge is 0.248 e. The van der Waals surface area contributed by atoms with E-state index in [9.17, 15) is 0 Å². The van der Waals surface area contributed by atoms with Gasteiger partial charge in [0.15, 0.2) is 0 Å². The maximum Gasteiger partial charge on any atom is 0.248 e. The fraction of sp³-hybridized carbons (Fsp3) is 0.417. The SMILES string of the molecule is CC1(Nc2nnnn2-c2ccccc2)CCC1. The van der Waals surface area contributed by atoms with Crippen LogP contribution in [0.3, 0.4) is 0 Å². The maximum absolute atomic E-state index is 4.05. The Labute approximate surface area is 99.8 Å². The molecule has 1 aliphatic carbocycles. The molecule has 3 rings (SSSR count). The molecule has 1 aromatic heterocycles. The summed E-state index contributed by atoms with van der Waals surface area (Å²) in [6.45, 7) is 2.21. The van der Waals surface area contributed by atoms with Gasteiger partial charge >= 0.3 is 0 Å². The minimum absolute atomic E-state index is 0.154. The van der Waals surface area contributed by atoms with Gasteiger partial charge in [-0.05, 0) is 48.7 Å². The lowest BCUT2D eigenvalue weighted by molar-refractivity contribution is 0.304. The second-order valence-corrected chi connectivity index (χ2v) is 4.79. The van der Waals surface area contributed by atoms with Crippen molar-refractivity contribution in [2.24, 2.45) is 0 Å². The molecule has 0 atom stereocenters. The third-order valence-corrected chi connectivity index (χ3v) is 3.34. The number of rotatable bonds is 3. The van der Waals surface area contributed by atoms with Gasteiger partial charge in [-0.1, -0.05) is 23.3 Å². The van der Waals surface area contributed by atoms with Gasteiger partial charge in [-0.3, -0.25) is 0 Å². The number of hydrogen-bond donors (Lipinski definition) is 1. The zero-order valence-corrected chi connectivity index (χ0v) is 9.80. The molecule has 0 amide bonds. The van der Waals surface area contributed by atoms with Gasteiger partial charge in [0.25, 0.3) is 0 Å². The van der Waals surface area contributed by atoms with Crippen molar-refractivity contribution >= 4 is 5.95 Å². The van der Waals surface area contributed by atoms with Crippen LogP contribution >= 0.6 is 0 Å². The molecule has 1 saturated carbocycles. The van der Waals surface area contributed by atoms with Gasteiger partial charge in [0.1, 0.15) is 0 Å². The number of nitrogens with one attached hydrogen (secondary N) is 1. The first kappa shape index (κ1) is 10.3. The van der Waals surface area contributed by atoms with E-state index in [1.54, 1.807) is 4.68 Å². The number of benzene rings is 1. The molecule has 1 aromatic carbocycles.